The van der Waals surface area contributed by atoms with Gasteiger partial charge in [0.1, 0.15) is 13.2 Å². The number of nitrogens with zero attached hydrogens (tertiary/aromatic N) is 3. The Bertz CT molecular complexity index is 1390. The summed E-state index contributed by atoms with van der Waals surface area (Å²) in [5.41, 5.74) is 4.79. The first-order valence-corrected chi connectivity index (χ1v) is 12.9. The van der Waals surface area contributed by atoms with Gasteiger partial charge in [0.05, 0.1) is 24.8 Å². The lowest BCUT2D eigenvalue weighted by atomic mass is 9.83. The number of ether oxygens (including phenoxy) is 1. The number of aliphatic hydroxyl groups excluding tert-OH is 1. The number of hydrogen-bond acceptors (Lipinski definition) is 6. The molecule has 8 nitrogen and oxygen atoms in total. The number of fused-ring (bicyclic) bond motifs is 5. The molecule has 1 aromatic rings. The summed E-state index contributed by atoms with van der Waals surface area (Å²) in [5.74, 6) is -0.141. The first-order valence-electron chi connectivity index (χ1n) is 12.9. The number of piperidine rings is 3. The number of aliphatic hydroxyl groups is 1. The molecule has 0 spiro atoms. The van der Waals surface area contributed by atoms with Crippen molar-refractivity contribution in [3.63, 3.8) is 0 Å². The number of quaternary nitrogens is 1. The van der Waals surface area contributed by atoms with Crippen LogP contribution < -0.4 is 15.9 Å². The van der Waals surface area contributed by atoms with Crippen molar-refractivity contribution >= 4 is 29.7 Å². The minimum Gasteiger partial charge on any atom is -0.452 e. The van der Waals surface area contributed by atoms with Crippen LogP contribution in [0.2, 0.25) is 0 Å². The van der Waals surface area contributed by atoms with Gasteiger partial charge in [0, 0.05) is 31.2 Å². The monoisotopic (exact) mass is 499 g/mol. The highest BCUT2D eigenvalue weighted by atomic mass is 16.5. The molecule has 1 unspecified atom stereocenters. The molecule has 1 amide bonds. The third-order valence-corrected chi connectivity index (χ3v) is 8.07. The molecular weight excluding hydrogens is 468 g/mol. The number of allylic oxidation sites excluding steroid dienone is 4. The molecule has 2 aliphatic carbocycles. The van der Waals surface area contributed by atoms with Crippen molar-refractivity contribution < 1.29 is 23.9 Å². The predicted octanol–water partition coefficient (Wildman–Crippen LogP) is 0.456. The van der Waals surface area contributed by atoms with Gasteiger partial charge in [-0.15, -0.1) is 0 Å². The number of carbonyl (C=O) groups excluding carboxylic acids is 2. The van der Waals surface area contributed by atoms with E-state index >= 15 is 0 Å². The molecule has 4 heterocycles. The summed E-state index contributed by atoms with van der Waals surface area (Å²) in [4.78, 5) is 30.9. The molecule has 6 aliphatic rings. The zero-order valence-corrected chi connectivity index (χ0v) is 20.6. The zero-order valence-electron chi connectivity index (χ0n) is 20.6. The van der Waals surface area contributed by atoms with Crippen LogP contribution in [0.5, 0.6) is 0 Å². The van der Waals surface area contributed by atoms with Gasteiger partial charge in [0.15, 0.2) is 12.6 Å². The largest absolute Gasteiger partial charge is 0.452 e. The number of aliphatic imine (C=N–C) groups is 1. The van der Waals surface area contributed by atoms with Gasteiger partial charge in [-0.2, -0.15) is 0 Å². The van der Waals surface area contributed by atoms with Crippen molar-refractivity contribution in [3.05, 3.63) is 82.4 Å². The van der Waals surface area contributed by atoms with Crippen LogP contribution in [0.25, 0.3) is 11.6 Å². The number of rotatable bonds is 5. The van der Waals surface area contributed by atoms with Crippen molar-refractivity contribution in [1.82, 2.24) is 10.4 Å². The maximum atomic E-state index is 13.8. The fourth-order valence-electron chi connectivity index (χ4n) is 6.18. The van der Waals surface area contributed by atoms with Gasteiger partial charge >= 0.3 is 5.97 Å². The predicted molar refractivity (Wildman–Crippen MR) is 140 cm³/mol. The van der Waals surface area contributed by atoms with Gasteiger partial charge in [-0.1, -0.05) is 54.6 Å². The van der Waals surface area contributed by atoms with E-state index in [2.05, 4.69) is 10.4 Å². The van der Waals surface area contributed by atoms with Crippen molar-refractivity contribution in [3.8, 4) is 0 Å². The molecule has 1 aromatic carbocycles. The van der Waals surface area contributed by atoms with E-state index in [9.17, 15) is 14.7 Å². The Labute approximate surface area is 215 Å². The van der Waals surface area contributed by atoms with Crippen LogP contribution in [-0.2, 0) is 14.3 Å². The molecule has 0 aromatic heterocycles. The third kappa shape index (κ3) is 4.58. The van der Waals surface area contributed by atoms with Gasteiger partial charge in [-0.05, 0) is 27.7 Å². The summed E-state index contributed by atoms with van der Waals surface area (Å²) < 4.78 is 6.89. The van der Waals surface area contributed by atoms with E-state index in [1.54, 1.807) is 35.7 Å². The maximum absolute atomic E-state index is 13.8. The van der Waals surface area contributed by atoms with Gasteiger partial charge in [-0.25, -0.2) is 4.79 Å². The number of esters is 1. The molecule has 0 saturated carbocycles. The molecule has 2 bridgehead atoms. The lowest BCUT2D eigenvalue weighted by Crippen LogP contribution is -2.67. The number of hydrazine groups is 1. The molecule has 4 aliphatic heterocycles. The molecule has 37 heavy (non-hydrogen) atoms. The van der Waals surface area contributed by atoms with Crippen molar-refractivity contribution in [2.45, 2.75) is 25.0 Å². The van der Waals surface area contributed by atoms with Crippen LogP contribution in [0.1, 0.15) is 12.8 Å². The second kappa shape index (κ2) is 9.61. The minimum absolute atomic E-state index is 0.0577. The Morgan fingerprint density at radius 3 is 2.78 bits per heavy atom. The summed E-state index contributed by atoms with van der Waals surface area (Å²) in [5, 5.41) is 14.0. The Morgan fingerprint density at radius 1 is 1.14 bits per heavy atom. The van der Waals surface area contributed by atoms with E-state index in [1.165, 1.54) is 0 Å². The lowest BCUT2D eigenvalue weighted by molar-refractivity contribution is -0.939. The molecule has 190 valence electrons. The molecule has 2 N–H and O–H groups in total. The normalized spacial score (nSPS) is 29.4. The van der Waals surface area contributed by atoms with E-state index in [1.807, 2.05) is 42.5 Å². The number of nitrogens with one attached hydrogen (secondary N) is 1. The Kier molecular flexibility index (Phi) is 6.14. The molecule has 2 atom stereocenters. The molecular formula is C29H31N4O4+. The quantitative estimate of drug-likeness (QED) is 0.454. The molecule has 3 saturated heterocycles. The highest BCUT2D eigenvalue weighted by molar-refractivity contribution is 6.18. The van der Waals surface area contributed by atoms with Crippen LogP contribution in [-0.4, -0.2) is 77.7 Å². The van der Waals surface area contributed by atoms with E-state index < -0.39 is 6.10 Å². The fourth-order valence-corrected chi connectivity index (χ4v) is 6.18. The fraction of sp³-hybridized carbons (Fsp3) is 0.345. The molecule has 7 rings (SSSR count). The van der Waals surface area contributed by atoms with Crippen LogP contribution in [0, 0.1) is 5.92 Å². The van der Waals surface area contributed by atoms with E-state index in [0.717, 1.165) is 36.4 Å². The first kappa shape index (κ1) is 23.6. The van der Waals surface area contributed by atoms with Crippen molar-refractivity contribution in [2.75, 3.05) is 32.8 Å². The standard InChI is InChI=1S/C29H30N4O4/c34-25-8-3-7-24-23(25)10-9-20-5-1-2-6-22(20)28(24)29(36)37-26-17-33(15-11-21(26)12-16-33)18-27(35)31-32-14-4-13-30-19-32/h1-10,13-14,21,25-26,34H,11-12,15-19H2/p+1/t21?,25?,26-,33?/m0/s1. The first-order chi connectivity index (χ1) is 18.0. The van der Waals surface area contributed by atoms with Gasteiger partial charge in [0.25, 0.3) is 5.91 Å². The summed E-state index contributed by atoms with van der Waals surface area (Å²) in [7, 11) is 0. The second-order valence-electron chi connectivity index (χ2n) is 10.4. The Hall–Kier alpha value is -3.75. The highest BCUT2D eigenvalue weighted by Gasteiger charge is 2.49. The topological polar surface area (TPSA) is 91.2 Å². The molecule has 0 radical (unpaired) electrons. The average Bonchev–Trinajstić information content (AvgIpc) is 3.07. The van der Waals surface area contributed by atoms with E-state index in [0.29, 0.717) is 46.9 Å². The van der Waals surface area contributed by atoms with Crippen LogP contribution in [0.3, 0.4) is 0 Å². The molecule has 3 fully saturated rings. The van der Waals surface area contributed by atoms with Crippen molar-refractivity contribution in [1.29, 1.82) is 0 Å². The maximum Gasteiger partial charge on any atom is 0.339 e. The minimum atomic E-state index is -0.780. The number of carbonyl (C=O) groups is 2. The van der Waals surface area contributed by atoms with E-state index in [4.69, 9.17) is 4.74 Å². The molecule has 8 heteroatoms. The van der Waals surface area contributed by atoms with Crippen LogP contribution in [0.15, 0.2) is 77.0 Å². The van der Waals surface area contributed by atoms with Crippen LogP contribution in [0.4, 0.5) is 0 Å². The number of amides is 1. The smallest absolute Gasteiger partial charge is 0.339 e. The summed E-state index contributed by atoms with van der Waals surface area (Å²) >= 11 is 0. The van der Waals surface area contributed by atoms with Gasteiger partial charge in [0.2, 0.25) is 0 Å². The Balaban J connectivity index is 1.24. The number of benzene rings is 1. The number of hydrogen-bond donors (Lipinski definition) is 2. The van der Waals surface area contributed by atoms with Gasteiger partial charge < -0.3 is 14.3 Å². The van der Waals surface area contributed by atoms with E-state index in [-0.39, 0.29) is 18.0 Å². The van der Waals surface area contributed by atoms with Gasteiger partial charge in [-0.3, -0.25) is 20.2 Å². The average molecular weight is 500 g/mol. The summed E-state index contributed by atoms with van der Waals surface area (Å²) in [6.07, 6.45) is 15.3. The van der Waals surface area contributed by atoms with Crippen LogP contribution >= 0.6 is 0 Å². The van der Waals surface area contributed by atoms with Crippen molar-refractivity contribution in [2.24, 2.45) is 10.9 Å². The SMILES string of the molecule is O=C(C[N+]12CCC(CC1)[C@@H](OC(=O)C1=c3ccccc3=CC=C3C1=CC=CC3O)C2)NN1C=CC=NC1. The lowest BCUT2D eigenvalue weighted by Gasteiger charge is -2.51. The summed E-state index contributed by atoms with van der Waals surface area (Å²) in [6.45, 7) is 3.19. The zero-order chi connectivity index (χ0) is 25.4. The highest BCUT2D eigenvalue weighted by Crippen LogP contribution is 2.37. The summed E-state index contributed by atoms with van der Waals surface area (Å²) in [6, 6.07) is 7.75. The second-order valence-corrected chi connectivity index (χ2v) is 10.4. The third-order valence-electron chi connectivity index (χ3n) is 8.07. The Morgan fingerprint density at radius 2 is 1.97 bits per heavy atom.